The number of nitrogen functional groups attached to an aromatic ring is 1. The molecule has 10 heavy (non-hydrogen) atoms. The van der Waals surface area contributed by atoms with Gasteiger partial charge in [-0.05, 0) is 12.1 Å². The van der Waals surface area contributed by atoms with Crippen molar-refractivity contribution in [3.63, 3.8) is 0 Å². The Morgan fingerprint density at radius 3 is 2.40 bits per heavy atom. The minimum Gasteiger partial charge on any atom is -0.477 e. The van der Waals surface area contributed by atoms with Gasteiger partial charge in [0.1, 0.15) is 5.69 Å². The first kappa shape index (κ1) is 9.10. The lowest BCUT2D eigenvalue weighted by atomic mass is 10.4. The average Bonchev–Trinajstić information content (AvgIpc) is 2.15. The van der Waals surface area contributed by atoms with Crippen molar-refractivity contribution in [1.82, 2.24) is 5.16 Å². The Morgan fingerprint density at radius 2 is 2.20 bits per heavy atom. The zero-order chi connectivity index (χ0) is 6.85. The van der Waals surface area contributed by atoms with Gasteiger partial charge in [-0.2, -0.15) is 0 Å². The molecule has 5 heteroatoms. The number of halogens is 1. The fourth-order valence-corrected chi connectivity index (χ4v) is 0.506. The first-order chi connectivity index (χ1) is 4.25. The van der Waals surface area contributed by atoms with Crippen molar-refractivity contribution in [1.29, 1.82) is 0 Å². The molecule has 0 unspecified atom stereocenters. The number of methoxy groups -OCH3 is 1. The molecule has 4 nitrogen and oxygen atoms in total. The topological polar surface area (TPSA) is 61.3 Å². The predicted octanol–water partition coefficient (Wildman–Crippen LogP) is 0.996. The van der Waals surface area contributed by atoms with Crippen LogP contribution >= 0.6 is 12.4 Å². The Morgan fingerprint density at radius 1 is 1.60 bits per heavy atom. The number of ether oxygens (including phenoxy) is 1. The molecule has 1 rings (SSSR count). The summed E-state index contributed by atoms with van der Waals surface area (Å²) in [5, 5.41) is 3.51. The summed E-state index contributed by atoms with van der Waals surface area (Å²) in [5.74, 6) is 0.944. The summed E-state index contributed by atoms with van der Waals surface area (Å²) in [6.07, 6.45) is 0. The zero-order valence-electron chi connectivity index (χ0n) is 5.75. The van der Waals surface area contributed by atoms with Gasteiger partial charge in [0.2, 0.25) is 0 Å². The second kappa shape index (κ2) is 3.31. The maximum atomic E-state index is 5.43. The minimum atomic E-state index is 0. The summed E-state index contributed by atoms with van der Waals surface area (Å²) in [4.78, 5) is 0. The van der Waals surface area contributed by atoms with Crippen LogP contribution in [0.4, 0.5) is 5.69 Å². The van der Waals surface area contributed by atoms with Crippen LogP contribution in [0.2, 0.25) is 0 Å². The molecule has 0 atom stereocenters. The standard InChI is InChI=1S/C5H8N2O2.ClH/c1-3-4(6)5(8-2)7-9-3;/h6H2,1-2H3;1H. The van der Waals surface area contributed by atoms with E-state index in [1.165, 1.54) is 7.11 Å². The van der Waals surface area contributed by atoms with Crippen molar-refractivity contribution in [2.24, 2.45) is 0 Å². The quantitative estimate of drug-likeness (QED) is 0.673. The van der Waals surface area contributed by atoms with Crippen molar-refractivity contribution in [3.05, 3.63) is 5.76 Å². The molecule has 0 bridgehead atoms. The number of aryl methyl sites for hydroxylation is 1. The third-order valence-corrected chi connectivity index (χ3v) is 1.07. The number of aromatic nitrogens is 1. The molecule has 0 fully saturated rings. The van der Waals surface area contributed by atoms with Gasteiger partial charge in [-0.25, -0.2) is 0 Å². The lowest BCUT2D eigenvalue weighted by Gasteiger charge is -1.89. The van der Waals surface area contributed by atoms with E-state index >= 15 is 0 Å². The van der Waals surface area contributed by atoms with Crippen LogP contribution in [0.15, 0.2) is 4.52 Å². The van der Waals surface area contributed by atoms with Gasteiger partial charge in [0, 0.05) is 0 Å². The Kier molecular flexibility index (Phi) is 3.02. The fourth-order valence-electron chi connectivity index (χ4n) is 0.506. The van der Waals surface area contributed by atoms with Crippen LogP contribution < -0.4 is 10.5 Å². The third-order valence-electron chi connectivity index (χ3n) is 1.07. The highest BCUT2D eigenvalue weighted by atomic mass is 35.5. The molecular formula is C5H9ClN2O2. The maximum Gasteiger partial charge on any atom is 0.277 e. The van der Waals surface area contributed by atoms with E-state index in [9.17, 15) is 0 Å². The van der Waals surface area contributed by atoms with Crippen molar-refractivity contribution in [2.45, 2.75) is 6.92 Å². The molecule has 1 aromatic rings. The molecule has 58 valence electrons. The monoisotopic (exact) mass is 164 g/mol. The van der Waals surface area contributed by atoms with E-state index in [4.69, 9.17) is 10.5 Å². The molecule has 0 aliphatic rings. The second-order valence-electron chi connectivity index (χ2n) is 1.66. The van der Waals surface area contributed by atoms with E-state index in [0.29, 0.717) is 17.3 Å². The molecule has 0 aliphatic heterocycles. The predicted molar refractivity (Wildman–Crippen MR) is 39.5 cm³/mol. The molecule has 1 heterocycles. The van der Waals surface area contributed by atoms with Crippen molar-refractivity contribution < 1.29 is 9.26 Å². The highest BCUT2D eigenvalue weighted by Gasteiger charge is 2.06. The molecule has 0 aromatic carbocycles. The summed E-state index contributed by atoms with van der Waals surface area (Å²) in [6.45, 7) is 1.73. The van der Waals surface area contributed by atoms with E-state index < -0.39 is 0 Å². The van der Waals surface area contributed by atoms with Gasteiger partial charge in [0.05, 0.1) is 7.11 Å². The number of nitrogens with zero attached hydrogens (tertiary/aromatic N) is 1. The molecule has 0 amide bonds. The van der Waals surface area contributed by atoms with E-state index in [-0.39, 0.29) is 12.4 Å². The molecule has 0 spiro atoms. The number of hydrogen-bond donors (Lipinski definition) is 1. The number of hydrogen-bond acceptors (Lipinski definition) is 4. The second-order valence-corrected chi connectivity index (χ2v) is 1.66. The lowest BCUT2D eigenvalue weighted by molar-refractivity contribution is 0.331. The van der Waals surface area contributed by atoms with Crippen LogP contribution in [0.5, 0.6) is 5.88 Å². The van der Waals surface area contributed by atoms with E-state index in [1.54, 1.807) is 6.92 Å². The maximum absolute atomic E-state index is 5.43. The number of anilines is 1. The van der Waals surface area contributed by atoms with E-state index in [1.807, 2.05) is 0 Å². The highest BCUT2D eigenvalue weighted by molar-refractivity contribution is 5.85. The smallest absolute Gasteiger partial charge is 0.277 e. The lowest BCUT2D eigenvalue weighted by Crippen LogP contribution is -1.89. The molecule has 0 radical (unpaired) electrons. The number of nitrogens with two attached hydrogens (primary N) is 1. The largest absolute Gasteiger partial charge is 0.477 e. The van der Waals surface area contributed by atoms with Crippen LogP contribution in [-0.4, -0.2) is 12.3 Å². The van der Waals surface area contributed by atoms with Gasteiger partial charge in [-0.15, -0.1) is 12.4 Å². The fraction of sp³-hybridized carbons (Fsp3) is 0.400. The van der Waals surface area contributed by atoms with Gasteiger partial charge in [0.25, 0.3) is 5.88 Å². The van der Waals surface area contributed by atoms with Crippen molar-refractivity contribution in [2.75, 3.05) is 12.8 Å². The molecule has 0 saturated heterocycles. The first-order valence-electron chi connectivity index (χ1n) is 2.51. The molecule has 2 N–H and O–H groups in total. The third kappa shape index (κ3) is 1.33. The average molecular weight is 165 g/mol. The van der Waals surface area contributed by atoms with Gasteiger partial charge < -0.3 is 15.0 Å². The van der Waals surface area contributed by atoms with Gasteiger partial charge in [-0.3, -0.25) is 0 Å². The first-order valence-corrected chi connectivity index (χ1v) is 2.51. The number of rotatable bonds is 1. The van der Waals surface area contributed by atoms with Crippen molar-refractivity contribution >= 4 is 18.1 Å². The highest BCUT2D eigenvalue weighted by Crippen LogP contribution is 2.21. The van der Waals surface area contributed by atoms with Crippen LogP contribution in [0.1, 0.15) is 5.76 Å². The minimum absolute atomic E-state index is 0. The van der Waals surface area contributed by atoms with E-state index in [2.05, 4.69) is 9.68 Å². The van der Waals surface area contributed by atoms with Crippen molar-refractivity contribution in [3.8, 4) is 5.88 Å². The van der Waals surface area contributed by atoms with Gasteiger partial charge >= 0.3 is 0 Å². The van der Waals surface area contributed by atoms with Crippen LogP contribution in [0.25, 0.3) is 0 Å². The summed E-state index contributed by atoms with van der Waals surface area (Å²) in [7, 11) is 1.49. The van der Waals surface area contributed by atoms with Crippen LogP contribution in [0, 0.1) is 6.92 Å². The Bertz CT molecular complexity index is 211. The molecule has 1 aromatic heterocycles. The van der Waals surface area contributed by atoms with Gasteiger partial charge in [0.15, 0.2) is 5.76 Å². The van der Waals surface area contributed by atoms with E-state index in [0.717, 1.165) is 0 Å². The summed E-state index contributed by atoms with van der Waals surface area (Å²) in [6, 6.07) is 0. The summed E-state index contributed by atoms with van der Waals surface area (Å²) < 4.78 is 9.42. The molecule has 0 aliphatic carbocycles. The Labute approximate surface area is 64.7 Å². The summed E-state index contributed by atoms with van der Waals surface area (Å²) in [5.41, 5.74) is 5.90. The Hall–Kier alpha value is -0.900. The van der Waals surface area contributed by atoms with Crippen LogP contribution in [0.3, 0.4) is 0 Å². The Balaban J connectivity index is 0.000000810. The van der Waals surface area contributed by atoms with Crippen LogP contribution in [-0.2, 0) is 0 Å². The molecule has 0 saturated carbocycles. The summed E-state index contributed by atoms with van der Waals surface area (Å²) >= 11 is 0. The van der Waals surface area contributed by atoms with Gasteiger partial charge in [-0.1, -0.05) is 0 Å². The molecular weight excluding hydrogens is 156 g/mol. The zero-order valence-corrected chi connectivity index (χ0v) is 6.57. The normalized spacial score (nSPS) is 8.60. The SMILES string of the molecule is COc1noc(C)c1N.Cl.